The van der Waals surface area contributed by atoms with Gasteiger partial charge in [0, 0.05) is 29.7 Å². The van der Waals surface area contributed by atoms with E-state index in [0.29, 0.717) is 42.2 Å². The van der Waals surface area contributed by atoms with Crippen LogP contribution in [0.15, 0.2) is 54.7 Å². The van der Waals surface area contributed by atoms with Gasteiger partial charge in [0.1, 0.15) is 0 Å². The van der Waals surface area contributed by atoms with Crippen LogP contribution in [0.2, 0.25) is 5.02 Å². The molecule has 3 aromatic rings. The van der Waals surface area contributed by atoms with Crippen LogP contribution >= 0.6 is 11.6 Å². The number of carbonyl (C=O) groups is 2. The van der Waals surface area contributed by atoms with Gasteiger partial charge in [0.15, 0.2) is 5.69 Å². The normalized spacial score (nSPS) is 14.5. The molecule has 0 spiro atoms. The Kier molecular flexibility index (Phi) is 5.81. The molecule has 2 heterocycles. The van der Waals surface area contributed by atoms with Crippen LogP contribution in [0, 0.1) is 6.92 Å². The van der Waals surface area contributed by atoms with E-state index in [4.69, 9.17) is 11.6 Å². The number of nitrogens with one attached hydrogen (secondary N) is 1. The Morgan fingerprint density at radius 2 is 1.83 bits per heavy atom. The topological polar surface area (TPSA) is 80.1 Å². The van der Waals surface area contributed by atoms with Crippen LogP contribution in [-0.4, -0.2) is 50.8 Å². The van der Waals surface area contributed by atoms with E-state index in [0.717, 1.165) is 11.3 Å². The molecular weight excluding hydrogens is 402 g/mol. The Morgan fingerprint density at radius 3 is 2.53 bits per heavy atom. The Balaban J connectivity index is 1.33. The number of hydrogen-bond acceptors (Lipinski definition) is 4. The second kappa shape index (κ2) is 8.67. The Bertz CT molecular complexity index is 1060. The first-order valence-corrected chi connectivity index (χ1v) is 10.2. The van der Waals surface area contributed by atoms with Gasteiger partial charge in [-0.1, -0.05) is 40.6 Å². The molecule has 0 radical (unpaired) electrons. The molecule has 2 amide bonds. The van der Waals surface area contributed by atoms with Gasteiger partial charge < -0.3 is 10.2 Å². The van der Waals surface area contributed by atoms with Gasteiger partial charge in [0.05, 0.1) is 11.9 Å². The van der Waals surface area contributed by atoms with E-state index >= 15 is 0 Å². The number of carbonyl (C=O) groups excluding carboxylic acids is 2. The van der Waals surface area contributed by atoms with E-state index in [1.165, 1.54) is 0 Å². The Labute approximate surface area is 179 Å². The summed E-state index contributed by atoms with van der Waals surface area (Å²) in [5, 5.41) is 11.7. The summed E-state index contributed by atoms with van der Waals surface area (Å²) >= 11 is 5.95. The first-order chi connectivity index (χ1) is 14.5. The van der Waals surface area contributed by atoms with E-state index in [2.05, 4.69) is 15.6 Å². The van der Waals surface area contributed by atoms with Crippen LogP contribution in [0.4, 0.5) is 0 Å². The third-order valence-electron chi connectivity index (χ3n) is 5.22. The molecule has 0 aliphatic carbocycles. The number of benzene rings is 2. The average molecular weight is 424 g/mol. The van der Waals surface area contributed by atoms with Crippen molar-refractivity contribution in [2.24, 2.45) is 0 Å². The SMILES string of the molecule is Cc1ccc(-n2cc(C(=O)N3CCC(NC(=O)c4cccc(Cl)c4)CC3)nn2)cc1. The van der Waals surface area contributed by atoms with Crippen molar-refractivity contribution < 1.29 is 9.59 Å². The predicted molar refractivity (Wildman–Crippen MR) is 114 cm³/mol. The molecule has 4 rings (SSSR count). The number of halogens is 1. The first kappa shape index (κ1) is 20.1. The van der Waals surface area contributed by atoms with Gasteiger partial charge in [0.25, 0.3) is 11.8 Å². The van der Waals surface area contributed by atoms with Gasteiger partial charge in [-0.05, 0) is 50.1 Å². The number of likely N-dealkylation sites (tertiary alicyclic amines) is 1. The van der Waals surface area contributed by atoms with Gasteiger partial charge in [-0.15, -0.1) is 5.10 Å². The van der Waals surface area contributed by atoms with Gasteiger partial charge in [-0.3, -0.25) is 9.59 Å². The van der Waals surface area contributed by atoms with Crippen molar-refractivity contribution in [3.63, 3.8) is 0 Å². The van der Waals surface area contributed by atoms with E-state index < -0.39 is 0 Å². The van der Waals surface area contributed by atoms with Crippen LogP contribution in [0.25, 0.3) is 5.69 Å². The van der Waals surface area contributed by atoms with E-state index in [-0.39, 0.29) is 17.9 Å². The van der Waals surface area contributed by atoms with Crippen molar-refractivity contribution >= 4 is 23.4 Å². The highest BCUT2D eigenvalue weighted by Gasteiger charge is 2.26. The van der Waals surface area contributed by atoms with Crippen LogP contribution in [0.1, 0.15) is 39.3 Å². The molecule has 1 saturated heterocycles. The van der Waals surface area contributed by atoms with Crippen LogP contribution in [0.5, 0.6) is 0 Å². The van der Waals surface area contributed by atoms with Crippen molar-refractivity contribution in [2.45, 2.75) is 25.8 Å². The zero-order valence-electron chi connectivity index (χ0n) is 16.6. The van der Waals surface area contributed by atoms with Crippen LogP contribution in [-0.2, 0) is 0 Å². The van der Waals surface area contributed by atoms with Gasteiger partial charge in [0.2, 0.25) is 0 Å². The fourth-order valence-corrected chi connectivity index (χ4v) is 3.66. The number of amides is 2. The molecular formula is C22H22ClN5O2. The monoisotopic (exact) mass is 423 g/mol. The maximum Gasteiger partial charge on any atom is 0.276 e. The Hall–Kier alpha value is -3.19. The molecule has 1 aromatic heterocycles. The largest absolute Gasteiger partial charge is 0.349 e. The van der Waals surface area contributed by atoms with Crippen LogP contribution in [0.3, 0.4) is 0 Å². The number of rotatable bonds is 4. The zero-order valence-corrected chi connectivity index (χ0v) is 17.3. The smallest absolute Gasteiger partial charge is 0.276 e. The molecule has 154 valence electrons. The maximum atomic E-state index is 12.8. The van der Waals surface area contributed by atoms with Crippen molar-refractivity contribution in [3.05, 3.63) is 76.6 Å². The number of piperidine rings is 1. The number of aryl methyl sites for hydroxylation is 1. The van der Waals surface area contributed by atoms with E-state index in [1.807, 2.05) is 31.2 Å². The molecule has 0 bridgehead atoms. The summed E-state index contributed by atoms with van der Waals surface area (Å²) in [6.07, 6.45) is 3.02. The van der Waals surface area contributed by atoms with Gasteiger partial charge in [-0.2, -0.15) is 0 Å². The molecule has 7 nitrogen and oxygen atoms in total. The number of nitrogens with zero attached hydrogens (tertiary/aromatic N) is 4. The molecule has 0 saturated carbocycles. The standard InChI is InChI=1S/C22H22ClN5O2/c1-15-5-7-19(8-6-15)28-14-20(25-26-28)22(30)27-11-9-18(10-12-27)24-21(29)16-3-2-4-17(23)13-16/h2-8,13-14,18H,9-12H2,1H3,(H,24,29). The third-order valence-corrected chi connectivity index (χ3v) is 5.45. The molecule has 8 heteroatoms. The molecule has 2 aromatic carbocycles. The summed E-state index contributed by atoms with van der Waals surface area (Å²) in [5.74, 6) is -0.295. The summed E-state index contributed by atoms with van der Waals surface area (Å²) in [4.78, 5) is 26.9. The van der Waals surface area contributed by atoms with Gasteiger partial charge in [-0.25, -0.2) is 4.68 Å². The fourth-order valence-electron chi connectivity index (χ4n) is 3.47. The summed E-state index contributed by atoms with van der Waals surface area (Å²) < 4.78 is 1.60. The molecule has 0 unspecified atom stereocenters. The molecule has 1 fully saturated rings. The minimum absolute atomic E-state index is 0.0174. The minimum Gasteiger partial charge on any atom is -0.349 e. The molecule has 0 atom stereocenters. The number of aromatic nitrogens is 3. The lowest BCUT2D eigenvalue weighted by molar-refractivity contribution is 0.0692. The second-order valence-corrected chi connectivity index (χ2v) is 7.87. The van der Waals surface area contributed by atoms with Crippen molar-refractivity contribution in [1.29, 1.82) is 0 Å². The lowest BCUT2D eigenvalue weighted by atomic mass is 10.0. The number of hydrogen-bond donors (Lipinski definition) is 1. The van der Waals surface area contributed by atoms with Crippen molar-refractivity contribution in [3.8, 4) is 5.69 Å². The summed E-state index contributed by atoms with van der Waals surface area (Å²) in [6.45, 7) is 3.12. The highest BCUT2D eigenvalue weighted by Crippen LogP contribution is 2.16. The third kappa shape index (κ3) is 4.52. The molecule has 1 N–H and O–H groups in total. The molecule has 1 aliphatic heterocycles. The minimum atomic E-state index is -0.150. The fraction of sp³-hybridized carbons (Fsp3) is 0.273. The molecule has 30 heavy (non-hydrogen) atoms. The quantitative estimate of drug-likeness (QED) is 0.698. The highest BCUT2D eigenvalue weighted by molar-refractivity contribution is 6.30. The lowest BCUT2D eigenvalue weighted by Gasteiger charge is -2.31. The first-order valence-electron chi connectivity index (χ1n) is 9.85. The van der Waals surface area contributed by atoms with Crippen molar-refractivity contribution in [2.75, 3.05) is 13.1 Å². The second-order valence-electron chi connectivity index (χ2n) is 7.43. The van der Waals surface area contributed by atoms with Crippen molar-refractivity contribution in [1.82, 2.24) is 25.2 Å². The van der Waals surface area contributed by atoms with E-state index in [9.17, 15) is 9.59 Å². The maximum absolute atomic E-state index is 12.8. The summed E-state index contributed by atoms with van der Waals surface area (Å²) in [7, 11) is 0. The summed E-state index contributed by atoms with van der Waals surface area (Å²) in [6, 6.07) is 14.7. The Morgan fingerprint density at radius 1 is 1.10 bits per heavy atom. The van der Waals surface area contributed by atoms with Crippen LogP contribution < -0.4 is 5.32 Å². The zero-order chi connectivity index (χ0) is 21.1. The molecule has 1 aliphatic rings. The summed E-state index contributed by atoms with van der Waals surface area (Å²) in [5.41, 5.74) is 2.86. The lowest BCUT2D eigenvalue weighted by Crippen LogP contribution is -2.46. The predicted octanol–water partition coefficient (Wildman–Crippen LogP) is 3.26. The average Bonchev–Trinajstić information content (AvgIpc) is 3.24. The highest BCUT2D eigenvalue weighted by atomic mass is 35.5. The van der Waals surface area contributed by atoms with Gasteiger partial charge >= 0.3 is 0 Å². The van der Waals surface area contributed by atoms with E-state index in [1.54, 1.807) is 40.0 Å².